The number of carbonyl (C=O) groups is 2. The number of rotatable bonds is 6. The molecule has 1 rings (SSSR count). The second-order valence-corrected chi connectivity index (χ2v) is 5.69. The lowest BCUT2D eigenvalue weighted by Gasteiger charge is -2.19. The van der Waals surface area contributed by atoms with Crippen LogP contribution < -0.4 is 5.32 Å². The van der Waals surface area contributed by atoms with Crippen molar-refractivity contribution in [3.05, 3.63) is 30.1 Å². The molecule has 0 saturated heterocycles. The third-order valence-corrected chi connectivity index (χ3v) is 3.58. The molecule has 0 aliphatic heterocycles. The second-order valence-electron chi connectivity index (χ2n) is 4.65. The molecule has 0 aliphatic carbocycles. The van der Waals surface area contributed by atoms with Gasteiger partial charge >= 0.3 is 0 Å². The maximum Gasteiger partial charge on any atom is 0.230 e. The zero-order valence-electron chi connectivity index (χ0n) is 11.3. The highest BCUT2D eigenvalue weighted by Gasteiger charge is 2.20. The summed E-state index contributed by atoms with van der Waals surface area (Å²) in [7, 11) is 0. The molecular weight excluding hydrogens is 265 g/mol. The number of nitrogens with one attached hydrogen (secondary N) is 1. The van der Waals surface area contributed by atoms with E-state index < -0.39 is 6.04 Å². The van der Waals surface area contributed by atoms with Gasteiger partial charge in [-0.3, -0.25) is 9.59 Å². The fourth-order valence-corrected chi connectivity index (χ4v) is 2.41. The predicted octanol–water partition coefficient (Wildman–Crippen LogP) is 2.65. The number of Topliss-reactive ketones (excluding diaryl/α,β-unsaturated/α-hetero) is 1. The van der Waals surface area contributed by atoms with E-state index in [1.807, 2.05) is 13.8 Å². The van der Waals surface area contributed by atoms with Crippen LogP contribution in [0.15, 0.2) is 29.2 Å². The van der Waals surface area contributed by atoms with Crippen LogP contribution in [-0.4, -0.2) is 23.5 Å². The Bertz CT molecular complexity index is 463. The zero-order chi connectivity index (χ0) is 14.4. The first kappa shape index (κ1) is 15.7. The Kier molecular flexibility index (Phi) is 6.02. The largest absolute Gasteiger partial charge is 0.345 e. The molecule has 0 spiro atoms. The summed E-state index contributed by atoms with van der Waals surface area (Å²) in [5.41, 5.74) is 0. The Morgan fingerprint density at radius 2 is 2.05 bits per heavy atom. The normalized spacial score (nSPS) is 12.3. The van der Waals surface area contributed by atoms with Gasteiger partial charge in [0.1, 0.15) is 5.82 Å². The van der Waals surface area contributed by atoms with E-state index in [2.05, 4.69) is 5.32 Å². The van der Waals surface area contributed by atoms with E-state index in [9.17, 15) is 14.0 Å². The van der Waals surface area contributed by atoms with Crippen LogP contribution in [0.5, 0.6) is 0 Å². The Labute approximate surface area is 117 Å². The molecule has 1 atom stereocenters. The van der Waals surface area contributed by atoms with E-state index in [4.69, 9.17) is 0 Å². The smallest absolute Gasteiger partial charge is 0.230 e. The van der Waals surface area contributed by atoms with Gasteiger partial charge in [-0.05, 0) is 31.0 Å². The lowest BCUT2D eigenvalue weighted by Crippen LogP contribution is -2.44. The monoisotopic (exact) mass is 283 g/mol. The van der Waals surface area contributed by atoms with Gasteiger partial charge in [-0.2, -0.15) is 0 Å². The van der Waals surface area contributed by atoms with Crippen molar-refractivity contribution in [3.8, 4) is 0 Å². The van der Waals surface area contributed by atoms with Crippen LogP contribution >= 0.6 is 11.8 Å². The van der Waals surface area contributed by atoms with Crippen LogP contribution in [0, 0.1) is 11.7 Å². The number of ketones is 1. The van der Waals surface area contributed by atoms with Crippen molar-refractivity contribution in [2.45, 2.75) is 31.7 Å². The minimum Gasteiger partial charge on any atom is -0.345 e. The van der Waals surface area contributed by atoms with Crippen molar-refractivity contribution in [2.24, 2.45) is 5.92 Å². The van der Waals surface area contributed by atoms with Gasteiger partial charge in [0, 0.05) is 4.90 Å². The van der Waals surface area contributed by atoms with E-state index in [1.165, 1.54) is 30.8 Å². The van der Waals surface area contributed by atoms with Crippen molar-refractivity contribution in [2.75, 3.05) is 5.75 Å². The molecule has 0 heterocycles. The number of carbonyl (C=O) groups excluding carboxylic acids is 2. The number of thioether (sulfide) groups is 1. The van der Waals surface area contributed by atoms with Crippen LogP contribution in [0.1, 0.15) is 20.8 Å². The van der Waals surface area contributed by atoms with Gasteiger partial charge in [0.2, 0.25) is 5.91 Å². The van der Waals surface area contributed by atoms with Crippen molar-refractivity contribution < 1.29 is 14.0 Å². The summed E-state index contributed by atoms with van der Waals surface area (Å²) in [5, 5.41) is 2.70. The van der Waals surface area contributed by atoms with Crippen molar-refractivity contribution >= 4 is 23.5 Å². The Morgan fingerprint density at radius 3 is 2.58 bits per heavy atom. The molecule has 0 fully saturated rings. The van der Waals surface area contributed by atoms with Gasteiger partial charge in [-0.15, -0.1) is 11.8 Å². The average molecular weight is 283 g/mol. The number of hydrogen-bond donors (Lipinski definition) is 1. The van der Waals surface area contributed by atoms with Crippen molar-refractivity contribution in [1.29, 1.82) is 0 Å². The van der Waals surface area contributed by atoms with Crippen LogP contribution in [0.2, 0.25) is 0 Å². The predicted molar refractivity (Wildman–Crippen MR) is 74.6 cm³/mol. The first-order chi connectivity index (χ1) is 8.90. The fourth-order valence-electron chi connectivity index (χ4n) is 1.66. The summed E-state index contributed by atoms with van der Waals surface area (Å²) in [4.78, 5) is 23.8. The Balaban J connectivity index is 2.49. The van der Waals surface area contributed by atoms with E-state index in [0.29, 0.717) is 4.90 Å². The quantitative estimate of drug-likeness (QED) is 0.816. The minimum absolute atomic E-state index is 0.0561. The average Bonchev–Trinajstić information content (AvgIpc) is 2.32. The molecule has 0 aromatic heterocycles. The summed E-state index contributed by atoms with van der Waals surface area (Å²) in [6, 6.07) is 5.62. The minimum atomic E-state index is -0.458. The second kappa shape index (κ2) is 7.28. The number of amides is 1. The molecule has 19 heavy (non-hydrogen) atoms. The summed E-state index contributed by atoms with van der Waals surface area (Å²) < 4.78 is 13.0. The van der Waals surface area contributed by atoms with Gasteiger partial charge in [-0.25, -0.2) is 4.39 Å². The van der Waals surface area contributed by atoms with Gasteiger partial charge in [0.25, 0.3) is 0 Å². The Hall–Kier alpha value is -1.36. The molecule has 1 unspecified atom stereocenters. The molecule has 1 aromatic rings. The zero-order valence-corrected chi connectivity index (χ0v) is 12.1. The summed E-state index contributed by atoms with van der Waals surface area (Å²) in [6.45, 7) is 5.22. The molecule has 0 radical (unpaired) electrons. The third-order valence-electron chi connectivity index (χ3n) is 2.59. The first-order valence-corrected chi connectivity index (χ1v) is 7.07. The van der Waals surface area contributed by atoms with E-state index in [1.54, 1.807) is 12.1 Å². The van der Waals surface area contributed by atoms with Crippen LogP contribution in [0.4, 0.5) is 4.39 Å². The third kappa shape index (κ3) is 5.42. The standard InChI is InChI=1S/C14H18FNO2S/c1-9(2)14(10(3)17)16-13(18)8-19-12-6-4-5-11(15)7-12/h4-7,9,14H,8H2,1-3H3,(H,16,18). The van der Waals surface area contributed by atoms with Crippen molar-refractivity contribution in [3.63, 3.8) is 0 Å². The summed E-state index contributed by atoms with van der Waals surface area (Å²) in [5.74, 6) is -0.378. The van der Waals surface area contributed by atoms with Gasteiger partial charge in [0.15, 0.2) is 5.78 Å². The topological polar surface area (TPSA) is 46.2 Å². The van der Waals surface area contributed by atoms with Gasteiger partial charge in [0.05, 0.1) is 11.8 Å². The molecule has 0 bridgehead atoms. The molecule has 0 saturated carbocycles. The highest BCUT2D eigenvalue weighted by atomic mass is 32.2. The molecule has 1 amide bonds. The van der Waals surface area contributed by atoms with E-state index in [0.717, 1.165) is 0 Å². The van der Waals surface area contributed by atoms with Crippen LogP contribution in [0.25, 0.3) is 0 Å². The summed E-state index contributed by atoms with van der Waals surface area (Å²) >= 11 is 1.24. The SMILES string of the molecule is CC(=O)C(NC(=O)CSc1cccc(F)c1)C(C)C. The molecule has 0 aliphatic rings. The van der Waals surface area contributed by atoms with Gasteiger partial charge < -0.3 is 5.32 Å². The number of benzene rings is 1. The highest BCUT2D eigenvalue weighted by molar-refractivity contribution is 8.00. The molecule has 104 valence electrons. The first-order valence-electron chi connectivity index (χ1n) is 6.08. The Morgan fingerprint density at radius 1 is 1.37 bits per heavy atom. The van der Waals surface area contributed by atoms with E-state index >= 15 is 0 Å². The summed E-state index contributed by atoms with van der Waals surface area (Å²) in [6.07, 6.45) is 0. The maximum atomic E-state index is 13.0. The number of hydrogen-bond acceptors (Lipinski definition) is 3. The van der Waals surface area contributed by atoms with Gasteiger partial charge in [-0.1, -0.05) is 19.9 Å². The molecular formula is C14H18FNO2S. The molecule has 1 N–H and O–H groups in total. The lowest BCUT2D eigenvalue weighted by atomic mass is 10.0. The molecule has 1 aromatic carbocycles. The lowest BCUT2D eigenvalue weighted by molar-refractivity contribution is -0.126. The molecule has 3 nitrogen and oxygen atoms in total. The van der Waals surface area contributed by atoms with Crippen LogP contribution in [-0.2, 0) is 9.59 Å². The number of halogens is 1. The maximum absolute atomic E-state index is 13.0. The van der Waals surface area contributed by atoms with E-state index in [-0.39, 0.29) is 29.2 Å². The fraction of sp³-hybridized carbons (Fsp3) is 0.429. The molecule has 5 heteroatoms. The van der Waals surface area contributed by atoms with Crippen molar-refractivity contribution in [1.82, 2.24) is 5.32 Å². The van der Waals surface area contributed by atoms with Crippen LogP contribution in [0.3, 0.4) is 0 Å². The highest BCUT2D eigenvalue weighted by Crippen LogP contribution is 2.18.